The second-order valence-corrected chi connectivity index (χ2v) is 15.9. The molecule has 2 aromatic heterocycles. The third kappa shape index (κ3) is 9.91. The molecule has 2 aliphatic heterocycles. The zero-order valence-electron chi connectivity index (χ0n) is 33.1. The van der Waals surface area contributed by atoms with Gasteiger partial charge in [0, 0.05) is 53.7 Å². The fourth-order valence-electron chi connectivity index (χ4n) is 8.25. The maximum Gasteiger partial charge on any atom is 0.326 e. The minimum atomic E-state index is -1.65. The third-order valence-corrected chi connectivity index (χ3v) is 11.2. The number of para-hydroxylation sites is 2. The molecule has 9 N–H and O–H groups in total. The van der Waals surface area contributed by atoms with Crippen molar-refractivity contribution in [2.75, 3.05) is 13.1 Å². The van der Waals surface area contributed by atoms with E-state index in [9.17, 15) is 43.8 Å². The topological polar surface area (TPSA) is 260 Å². The number of nitrogens with zero attached hydrogens (tertiary/aromatic N) is 2. The quantitative estimate of drug-likeness (QED) is 0.0767. The number of rotatable bonds is 17. The Morgan fingerprint density at radius 2 is 1.24 bits per heavy atom. The third-order valence-electron chi connectivity index (χ3n) is 11.2. The van der Waals surface area contributed by atoms with Crippen LogP contribution in [0.3, 0.4) is 0 Å². The van der Waals surface area contributed by atoms with Gasteiger partial charge < -0.3 is 51.7 Å². The Balaban J connectivity index is 1.20. The second-order valence-electron chi connectivity index (χ2n) is 15.9. The molecule has 17 nitrogen and oxygen atoms in total. The van der Waals surface area contributed by atoms with Crippen LogP contribution in [-0.2, 0) is 46.4 Å². The standard InChI is InChI=1S/C42H52N8O9/c1-23(2)17-33(41(57)50-16-8-14-35(50)42(58)59)48-37(53)31(19-25-22-45-30-12-6-4-10-27(25)30)46-38(54)32(20-36(51)52)47-39(55)34-13-7-15-49(34)40(56)28(43)18-24-21-44-29-11-5-3-9-26(24)29/h3-6,9-12,21-23,28,31-35,44-45H,7-8,13-20,43H2,1-2H3,(H,46,54)(H,47,55)(H,48,53)(H,51,52)(H,58,59)/t28-,31-,32-,33-,34-,35-/m0/s1. The highest BCUT2D eigenvalue weighted by molar-refractivity contribution is 5.98. The van der Waals surface area contributed by atoms with Crippen LogP contribution in [0.5, 0.6) is 0 Å². The summed E-state index contributed by atoms with van der Waals surface area (Å²) >= 11 is 0. The molecule has 0 radical (unpaired) electrons. The van der Waals surface area contributed by atoms with Gasteiger partial charge in [-0.15, -0.1) is 0 Å². The first-order chi connectivity index (χ1) is 28.2. The van der Waals surface area contributed by atoms with E-state index in [0.717, 1.165) is 27.4 Å². The van der Waals surface area contributed by atoms with Crippen molar-refractivity contribution in [3.63, 3.8) is 0 Å². The number of aliphatic carboxylic acids is 2. The van der Waals surface area contributed by atoms with E-state index in [1.54, 1.807) is 12.4 Å². The summed E-state index contributed by atoms with van der Waals surface area (Å²) in [4.78, 5) is 103. The van der Waals surface area contributed by atoms with Crippen LogP contribution in [0.4, 0.5) is 0 Å². The highest BCUT2D eigenvalue weighted by Crippen LogP contribution is 2.24. The van der Waals surface area contributed by atoms with Crippen molar-refractivity contribution in [3.05, 3.63) is 72.1 Å². The Kier molecular flexibility index (Phi) is 13.3. The number of carbonyl (C=O) groups excluding carboxylic acids is 5. The molecule has 2 fully saturated rings. The molecular formula is C42H52N8O9. The molecule has 0 aliphatic carbocycles. The average Bonchev–Trinajstić information content (AvgIpc) is 4.03. The highest BCUT2D eigenvalue weighted by Gasteiger charge is 2.41. The van der Waals surface area contributed by atoms with E-state index < -0.39 is 84.1 Å². The molecule has 314 valence electrons. The molecule has 4 heterocycles. The minimum absolute atomic E-state index is 0.0847. The van der Waals surface area contributed by atoms with Gasteiger partial charge in [-0.1, -0.05) is 50.2 Å². The summed E-state index contributed by atoms with van der Waals surface area (Å²) in [6.07, 6.45) is 4.45. The largest absolute Gasteiger partial charge is 0.481 e. The summed E-state index contributed by atoms with van der Waals surface area (Å²) in [5.41, 5.74) is 9.53. The number of nitrogens with two attached hydrogens (primary N) is 1. The van der Waals surface area contributed by atoms with Gasteiger partial charge in [-0.25, -0.2) is 4.79 Å². The predicted octanol–water partition coefficient (Wildman–Crippen LogP) is 1.80. The van der Waals surface area contributed by atoms with Crippen LogP contribution in [0.1, 0.15) is 63.5 Å². The van der Waals surface area contributed by atoms with Crippen LogP contribution in [0, 0.1) is 5.92 Å². The number of amides is 5. The van der Waals surface area contributed by atoms with Crippen molar-refractivity contribution in [1.29, 1.82) is 0 Å². The first-order valence-electron chi connectivity index (χ1n) is 20.0. The number of fused-ring (bicyclic) bond motifs is 2. The number of aromatic nitrogens is 2. The van der Waals surface area contributed by atoms with E-state index in [1.165, 1.54) is 9.80 Å². The number of nitrogens with one attached hydrogen (secondary N) is 5. The van der Waals surface area contributed by atoms with Gasteiger partial charge in [0.1, 0.15) is 30.2 Å². The summed E-state index contributed by atoms with van der Waals surface area (Å²) < 4.78 is 0. The van der Waals surface area contributed by atoms with Gasteiger partial charge in [-0.05, 0) is 67.7 Å². The highest BCUT2D eigenvalue weighted by atomic mass is 16.4. The molecule has 2 aliphatic rings. The molecule has 5 amide bonds. The zero-order chi connectivity index (χ0) is 42.4. The molecule has 0 spiro atoms. The number of likely N-dealkylation sites (tertiary alicyclic amines) is 2. The van der Waals surface area contributed by atoms with Crippen LogP contribution in [-0.4, -0.2) is 121 Å². The van der Waals surface area contributed by atoms with E-state index in [4.69, 9.17) is 5.73 Å². The van der Waals surface area contributed by atoms with Gasteiger partial charge in [0.25, 0.3) is 0 Å². The Morgan fingerprint density at radius 3 is 1.81 bits per heavy atom. The smallest absolute Gasteiger partial charge is 0.326 e. The molecule has 0 saturated carbocycles. The second kappa shape index (κ2) is 18.6. The minimum Gasteiger partial charge on any atom is -0.481 e. The molecule has 4 aromatic rings. The van der Waals surface area contributed by atoms with Crippen molar-refractivity contribution in [2.45, 2.75) is 101 Å². The average molecular weight is 813 g/mol. The molecular weight excluding hydrogens is 761 g/mol. The fraction of sp³-hybridized carbons (Fsp3) is 0.452. The summed E-state index contributed by atoms with van der Waals surface area (Å²) in [6, 6.07) is 7.75. The molecule has 2 saturated heterocycles. The molecule has 0 bridgehead atoms. The SMILES string of the molecule is CC(C)C[C@H](NC(=O)[C@H](Cc1c[nH]c2ccccc12)NC(=O)[C@H](CC(=O)O)NC(=O)[C@@H]1CCCN1C(=O)[C@@H](N)Cc1c[nH]c2ccccc12)C(=O)N1CCC[C@H]1C(=O)O. The van der Waals surface area contributed by atoms with E-state index in [-0.39, 0.29) is 51.1 Å². The van der Waals surface area contributed by atoms with Crippen molar-refractivity contribution in [3.8, 4) is 0 Å². The Hall–Kier alpha value is -6.23. The van der Waals surface area contributed by atoms with Crippen molar-refractivity contribution in [2.24, 2.45) is 11.7 Å². The summed E-state index contributed by atoms with van der Waals surface area (Å²) in [7, 11) is 0. The van der Waals surface area contributed by atoms with Gasteiger partial charge in [0.05, 0.1) is 12.5 Å². The number of aromatic amines is 2. The number of benzene rings is 2. The van der Waals surface area contributed by atoms with Gasteiger partial charge in [0.15, 0.2) is 0 Å². The normalized spacial score (nSPS) is 18.7. The van der Waals surface area contributed by atoms with Crippen LogP contribution in [0.2, 0.25) is 0 Å². The first-order valence-corrected chi connectivity index (χ1v) is 20.0. The number of H-pyrrole nitrogens is 2. The molecule has 17 heteroatoms. The predicted molar refractivity (Wildman–Crippen MR) is 217 cm³/mol. The summed E-state index contributed by atoms with van der Waals surface area (Å²) in [5, 5.41) is 29.2. The zero-order valence-corrected chi connectivity index (χ0v) is 33.1. The number of carbonyl (C=O) groups is 7. The van der Waals surface area contributed by atoms with Gasteiger partial charge in [-0.2, -0.15) is 0 Å². The van der Waals surface area contributed by atoms with E-state index in [2.05, 4.69) is 25.9 Å². The molecule has 2 aromatic carbocycles. The maximum atomic E-state index is 14.2. The van der Waals surface area contributed by atoms with Crippen LogP contribution in [0.25, 0.3) is 21.8 Å². The molecule has 6 rings (SSSR count). The number of carboxylic acid groups (broad SMARTS) is 2. The van der Waals surface area contributed by atoms with Crippen molar-refractivity contribution in [1.82, 2.24) is 35.7 Å². The Morgan fingerprint density at radius 1 is 0.712 bits per heavy atom. The summed E-state index contributed by atoms with van der Waals surface area (Å²) in [6.45, 7) is 4.16. The van der Waals surface area contributed by atoms with Crippen LogP contribution in [0.15, 0.2) is 60.9 Å². The molecule has 59 heavy (non-hydrogen) atoms. The molecule has 6 atom stereocenters. The lowest BCUT2D eigenvalue weighted by Crippen LogP contribution is -2.60. The van der Waals surface area contributed by atoms with Gasteiger partial charge in [-0.3, -0.25) is 28.8 Å². The molecule has 0 unspecified atom stereocenters. The lowest BCUT2D eigenvalue weighted by atomic mass is 9.99. The Labute approximate surface area is 340 Å². The van der Waals surface area contributed by atoms with E-state index in [1.807, 2.05) is 62.4 Å². The van der Waals surface area contributed by atoms with E-state index >= 15 is 0 Å². The van der Waals surface area contributed by atoms with Gasteiger partial charge >= 0.3 is 11.9 Å². The first kappa shape index (κ1) is 42.4. The lowest BCUT2D eigenvalue weighted by Gasteiger charge is -2.30. The summed E-state index contributed by atoms with van der Waals surface area (Å²) in [5.74, 6) is -6.11. The van der Waals surface area contributed by atoms with Crippen molar-refractivity contribution < 1.29 is 43.8 Å². The maximum absolute atomic E-state index is 14.2. The van der Waals surface area contributed by atoms with Crippen molar-refractivity contribution >= 4 is 63.3 Å². The number of hydrogen-bond acceptors (Lipinski definition) is 8. The Bertz CT molecular complexity index is 2210. The number of carboxylic acids is 2. The lowest BCUT2D eigenvalue weighted by molar-refractivity contribution is -0.149. The van der Waals surface area contributed by atoms with Crippen LogP contribution < -0.4 is 21.7 Å². The van der Waals surface area contributed by atoms with Crippen LogP contribution >= 0.6 is 0 Å². The monoisotopic (exact) mass is 812 g/mol. The van der Waals surface area contributed by atoms with E-state index in [0.29, 0.717) is 18.4 Å². The van der Waals surface area contributed by atoms with Gasteiger partial charge in [0.2, 0.25) is 29.5 Å². The number of hydrogen-bond donors (Lipinski definition) is 8. The fourth-order valence-corrected chi connectivity index (χ4v) is 8.25.